The van der Waals surface area contributed by atoms with Gasteiger partial charge in [0.05, 0.1) is 6.20 Å². The first-order valence-electron chi connectivity index (χ1n) is 8.93. The van der Waals surface area contributed by atoms with Crippen LogP contribution in [0.4, 0.5) is 0 Å². The molecule has 1 aliphatic rings. The normalized spacial score (nSPS) is 24.1. The predicted octanol–water partition coefficient (Wildman–Crippen LogP) is 3.94. The van der Waals surface area contributed by atoms with Crippen LogP contribution in [0.15, 0.2) is 12.4 Å². The third kappa shape index (κ3) is 5.14. The number of hydrogen-bond acceptors (Lipinski definition) is 2. The van der Waals surface area contributed by atoms with Gasteiger partial charge < -0.3 is 5.32 Å². The Hall–Kier alpha value is -0.830. The lowest BCUT2D eigenvalue weighted by atomic mass is 9.76. The fourth-order valence-corrected chi connectivity index (χ4v) is 3.87. The van der Waals surface area contributed by atoms with Crippen molar-refractivity contribution in [3.63, 3.8) is 0 Å². The van der Waals surface area contributed by atoms with Crippen LogP contribution in [0.1, 0.15) is 64.4 Å². The molecule has 1 aromatic rings. The molecule has 0 bridgehead atoms. The summed E-state index contributed by atoms with van der Waals surface area (Å²) in [5.41, 5.74) is 1.37. The monoisotopic (exact) mass is 291 g/mol. The van der Waals surface area contributed by atoms with Gasteiger partial charge in [0, 0.05) is 19.3 Å². The summed E-state index contributed by atoms with van der Waals surface area (Å²) in [5.74, 6) is 1.85. The Kier molecular flexibility index (Phi) is 6.75. The van der Waals surface area contributed by atoms with Crippen LogP contribution in [-0.2, 0) is 13.5 Å². The van der Waals surface area contributed by atoms with Crippen LogP contribution in [0.25, 0.3) is 0 Å². The van der Waals surface area contributed by atoms with Gasteiger partial charge in [0.15, 0.2) is 0 Å². The molecular weight excluding hydrogens is 258 g/mol. The van der Waals surface area contributed by atoms with Crippen molar-refractivity contribution in [3.05, 3.63) is 18.0 Å². The van der Waals surface area contributed by atoms with Gasteiger partial charge in [-0.05, 0) is 43.2 Å². The molecule has 1 aromatic heterocycles. The van der Waals surface area contributed by atoms with Crippen molar-refractivity contribution in [1.82, 2.24) is 15.1 Å². The standard InChI is InChI=1S/C18H33N3/c1-4-6-7-15-8-10-17(11-9-15)18(19-5-2)12-16-13-20-21(3)14-16/h13-15,17-19H,4-12H2,1-3H3. The Morgan fingerprint density at radius 3 is 2.62 bits per heavy atom. The third-order valence-corrected chi connectivity index (χ3v) is 5.11. The number of aryl methyl sites for hydroxylation is 1. The molecule has 0 aliphatic heterocycles. The van der Waals surface area contributed by atoms with Crippen LogP contribution >= 0.6 is 0 Å². The van der Waals surface area contributed by atoms with Crippen molar-refractivity contribution in [1.29, 1.82) is 0 Å². The highest BCUT2D eigenvalue weighted by Crippen LogP contribution is 2.34. The molecule has 3 heteroatoms. The summed E-state index contributed by atoms with van der Waals surface area (Å²) >= 11 is 0. The fraction of sp³-hybridized carbons (Fsp3) is 0.833. The van der Waals surface area contributed by atoms with Crippen LogP contribution in [0.2, 0.25) is 0 Å². The zero-order valence-electron chi connectivity index (χ0n) is 14.1. The maximum Gasteiger partial charge on any atom is 0.0522 e. The topological polar surface area (TPSA) is 29.9 Å². The van der Waals surface area contributed by atoms with Crippen molar-refractivity contribution in [3.8, 4) is 0 Å². The summed E-state index contributed by atoms with van der Waals surface area (Å²) in [4.78, 5) is 0. The fourth-order valence-electron chi connectivity index (χ4n) is 3.87. The molecule has 120 valence electrons. The highest BCUT2D eigenvalue weighted by Gasteiger charge is 2.27. The zero-order chi connectivity index (χ0) is 15.1. The molecule has 21 heavy (non-hydrogen) atoms. The van der Waals surface area contributed by atoms with Gasteiger partial charge >= 0.3 is 0 Å². The number of hydrogen-bond donors (Lipinski definition) is 1. The molecular formula is C18H33N3. The Morgan fingerprint density at radius 1 is 1.29 bits per heavy atom. The summed E-state index contributed by atoms with van der Waals surface area (Å²) in [7, 11) is 2.00. The molecule has 3 nitrogen and oxygen atoms in total. The van der Waals surface area contributed by atoms with Crippen LogP contribution in [-0.4, -0.2) is 22.4 Å². The van der Waals surface area contributed by atoms with Crippen molar-refractivity contribution < 1.29 is 0 Å². The average Bonchev–Trinajstić information content (AvgIpc) is 2.90. The number of nitrogens with zero attached hydrogens (tertiary/aromatic N) is 2. The summed E-state index contributed by atoms with van der Waals surface area (Å²) < 4.78 is 1.92. The largest absolute Gasteiger partial charge is 0.314 e. The highest BCUT2D eigenvalue weighted by molar-refractivity contribution is 5.07. The predicted molar refractivity (Wildman–Crippen MR) is 89.3 cm³/mol. The van der Waals surface area contributed by atoms with Gasteiger partial charge in [-0.2, -0.15) is 5.10 Å². The first-order valence-corrected chi connectivity index (χ1v) is 8.93. The second-order valence-corrected chi connectivity index (χ2v) is 6.81. The lowest BCUT2D eigenvalue weighted by Crippen LogP contribution is -2.39. The summed E-state index contributed by atoms with van der Waals surface area (Å²) in [5, 5.41) is 8.04. The highest BCUT2D eigenvalue weighted by atomic mass is 15.2. The molecule has 0 spiro atoms. The number of aromatic nitrogens is 2. The van der Waals surface area contributed by atoms with E-state index in [2.05, 4.69) is 30.5 Å². The summed E-state index contributed by atoms with van der Waals surface area (Å²) in [6.07, 6.45) is 15.2. The molecule has 0 amide bonds. The van der Waals surface area contributed by atoms with E-state index in [9.17, 15) is 0 Å². The van der Waals surface area contributed by atoms with E-state index in [1.54, 1.807) is 0 Å². The van der Waals surface area contributed by atoms with E-state index in [1.807, 2.05) is 17.9 Å². The van der Waals surface area contributed by atoms with Crippen molar-refractivity contribution in [2.24, 2.45) is 18.9 Å². The lowest BCUT2D eigenvalue weighted by Gasteiger charge is -2.34. The van der Waals surface area contributed by atoms with Crippen LogP contribution in [0.3, 0.4) is 0 Å². The van der Waals surface area contributed by atoms with Gasteiger partial charge in [-0.15, -0.1) is 0 Å². The van der Waals surface area contributed by atoms with E-state index < -0.39 is 0 Å². The van der Waals surface area contributed by atoms with Crippen LogP contribution in [0, 0.1) is 11.8 Å². The molecule has 0 radical (unpaired) electrons. The van der Waals surface area contributed by atoms with Gasteiger partial charge in [-0.1, -0.05) is 46.0 Å². The maximum absolute atomic E-state index is 4.31. The number of unbranched alkanes of at least 4 members (excludes halogenated alkanes) is 1. The molecule has 1 unspecified atom stereocenters. The Morgan fingerprint density at radius 2 is 2.05 bits per heavy atom. The molecule has 1 fully saturated rings. The second kappa shape index (κ2) is 8.57. The third-order valence-electron chi connectivity index (χ3n) is 5.11. The minimum Gasteiger partial charge on any atom is -0.314 e. The van der Waals surface area contributed by atoms with Crippen LogP contribution in [0.5, 0.6) is 0 Å². The van der Waals surface area contributed by atoms with E-state index in [4.69, 9.17) is 0 Å². The Balaban J connectivity index is 1.84. The Labute approximate surface area is 130 Å². The average molecular weight is 291 g/mol. The summed E-state index contributed by atoms with van der Waals surface area (Å²) in [6, 6.07) is 0.631. The molecule has 1 saturated carbocycles. The van der Waals surface area contributed by atoms with Crippen molar-refractivity contribution in [2.75, 3.05) is 6.54 Å². The molecule has 2 rings (SSSR count). The molecule has 1 heterocycles. The van der Waals surface area contributed by atoms with Gasteiger partial charge in [0.25, 0.3) is 0 Å². The smallest absolute Gasteiger partial charge is 0.0522 e. The number of nitrogens with one attached hydrogen (secondary N) is 1. The lowest BCUT2D eigenvalue weighted by molar-refractivity contribution is 0.212. The quantitative estimate of drug-likeness (QED) is 0.786. The molecule has 1 atom stereocenters. The van der Waals surface area contributed by atoms with Gasteiger partial charge in [-0.3, -0.25) is 4.68 Å². The van der Waals surface area contributed by atoms with E-state index in [0.717, 1.165) is 24.8 Å². The van der Waals surface area contributed by atoms with Gasteiger partial charge in [-0.25, -0.2) is 0 Å². The zero-order valence-corrected chi connectivity index (χ0v) is 14.1. The van der Waals surface area contributed by atoms with E-state index in [1.165, 1.54) is 50.5 Å². The van der Waals surface area contributed by atoms with E-state index in [-0.39, 0.29) is 0 Å². The number of likely N-dealkylation sites (N-methyl/N-ethyl adjacent to an activating group) is 1. The van der Waals surface area contributed by atoms with E-state index >= 15 is 0 Å². The van der Waals surface area contributed by atoms with Gasteiger partial charge in [0.2, 0.25) is 0 Å². The van der Waals surface area contributed by atoms with E-state index in [0.29, 0.717) is 6.04 Å². The van der Waals surface area contributed by atoms with Gasteiger partial charge in [0.1, 0.15) is 0 Å². The Bertz CT molecular complexity index is 391. The summed E-state index contributed by atoms with van der Waals surface area (Å²) in [6.45, 7) is 5.60. The molecule has 0 saturated heterocycles. The first kappa shape index (κ1) is 16.5. The minimum absolute atomic E-state index is 0.631. The molecule has 1 N–H and O–H groups in total. The van der Waals surface area contributed by atoms with Crippen LogP contribution < -0.4 is 5.32 Å². The molecule has 1 aliphatic carbocycles. The number of rotatable bonds is 8. The van der Waals surface area contributed by atoms with Crippen molar-refractivity contribution in [2.45, 2.75) is 71.3 Å². The maximum atomic E-state index is 4.31. The molecule has 0 aromatic carbocycles. The minimum atomic E-state index is 0.631. The van der Waals surface area contributed by atoms with Crippen molar-refractivity contribution >= 4 is 0 Å². The second-order valence-electron chi connectivity index (χ2n) is 6.81. The first-order chi connectivity index (χ1) is 10.2. The SMILES string of the molecule is CCCCC1CCC(C(Cc2cnn(C)c2)NCC)CC1.